The molecule has 0 aliphatic rings. The molecule has 0 fully saturated rings. The Bertz CT molecular complexity index is 365. The molecule has 0 spiro atoms. The van der Waals surface area contributed by atoms with Crippen molar-refractivity contribution in [2.24, 2.45) is 9.98 Å². The highest BCUT2D eigenvalue weighted by Crippen LogP contribution is 2.34. The van der Waals surface area contributed by atoms with Crippen LogP contribution in [0.2, 0.25) is 0 Å². The zero-order valence-corrected chi connectivity index (χ0v) is 10.4. The van der Waals surface area contributed by atoms with Gasteiger partial charge in [0.1, 0.15) is 0 Å². The summed E-state index contributed by atoms with van der Waals surface area (Å²) in [6.45, 7) is 0. The Morgan fingerprint density at radius 1 is 1.13 bits per heavy atom. The van der Waals surface area contributed by atoms with Gasteiger partial charge in [0, 0.05) is 0 Å². The largest absolute Gasteiger partial charge is 0.227 e. The minimum atomic E-state index is -1.65. The summed E-state index contributed by atoms with van der Waals surface area (Å²) in [5.41, 5.74) is -0.301. The number of nitrogens with zero attached hydrogens (tertiary/aromatic N) is 2. The maximum absolute atomic E-state index is 5.64. The second-order valence-electron chi connectivity index (χ2n) is 2.55. The summed E-state index contributed by atoms with van der Waals surface area (Å²) in [5.74, 6) is 0. The molecule has 0 N–H and O–H groups in total. The molecule has 1 rings (SSSR count). The molecule has 0 saturated carbocycles. The van der Waals surface area contributed by atoms with Gasteiger partial charge >= 0.3 is 0 Å². The molecule has 6 heteroatoms. The third-order valence-electron chi connectivity index (χ3n) is 1.38. The Kier molecular flexibility index (Phi) is 4.91. The van der Waals surface area contributed by atoms with E-state index in [4.69, 9.17) is 46.4 Å². The van der Waals surface area contributed by atoms with E-state index in [0.717, 1.165) is 0 Å². The third-order valence-corrected chi connectivity index (χ3v) is 2.76. The Morgan fingerprint density at radius 3 is 2.27 bits per heavy atom. The molecule has 1 unspecified atom stereocenters. The number of aliphatic imine (C=N–C) groups is 2. The first-order valence-electron chi connectivity index (χ1n) is 3.91. The van der Waals surface area contributed by atoms with Crippen LogP contribution in [0.25, 0.3) is 0 Å². The minimum absolute atomic E-state index is 0.703. The van der Waals surface area contributed by atoms with Crippen molar-refractivity contribution in [3.05, 3.63) is 30.3 Å². The van der Waals surface area contributed by atoms with Crippen molar-refractivity contribution in [2.75, 3.05) is 0 Å². The molecule has 1 aromatic carbocycles. The fourth-order valence-corrected chi connectivity index (χ4v) is 0.903. The average Bonchev–Trinajstić information content (AvgIpc) is 2.18. The number of hydrogen-bond acceptors (Lipinski definition) is 2. The molecule has 2 nitrogen and oxygen atoms in total. The molecule has 15 heavy (non-hydrogen) atoms. The Labute approximate surface area is 108 Å². The van der Waals surface area contributed by atoms with Gasteiger partial charge in [-0.1, -0.05) is 64.6 Å². The molecular formula is C9H6Cl4N2. The van der Waals surface area contributed by atoms with E-state index >= 15 is 0 Å². The Hall–Kier alpha value is -0.240. The van der Waals surface area contributed by atoms with E-state index < -0.39 is 9.29 Å². The Balaban J connectivity index is 2.70. The smallest absolute Gasteiger partial charge is 0.201 e. The predicted molar refractivity (Wildman–Crippen MR) is 65.9 cm³/mol. The highest BCUT2D eigenvalue weighted by molar-refractivity contribution is 6.70. The first kappa shape index (κ1) is 12.8. The van der Waals surface area contributed by atoms with Crippen molar-refractivity contribution in [1.82, 2.24) is 0 Å². The van der Waals surface area contributed by atoms with Crippen LogP contribution < -0.4 is 0 Å². The van der Waals surface area contributed by atoms with Gasteiger partial charge in [0.25, 0.3) is 0 Å². The van der Waals surface area contributed by atoms with Crippen LogP contribution in [0.15, 0.2) is 40.3 Å². The number of hydrogen-bond donors (Lipinski definition) is 0. The summed E-state index contributed by atoms with van der Waals surface area (Å²) < 4.78 is -1.65. The Morgan fingerprint density at radius 2 is 1.73 bits per heavy atom. The van der Waals surface area contributed by atoms with Crippen LogP contribution in [-0.4, -0.2) is 15.3 Å². The van der Waals surface area contributed by atoms with Gasteiger partial charge in [-0.15, -0.1) is 0 Å². The van der Waals surface area contributed by atoms with Gasteiger partial charge in [-0.2, -0.15) is 4.99 Å². The van der Waals surface area contributed by atoms with Gasteiger partial charge in [-0.3, -0.25) is 0 Å². The molecule has 0 aliphatic heterocycles. The van der Waals surface area contributed by atoms with Crippen molar-refractivity contribution in [2.45, 2.75) is 9.29 Å². The monoisotopic (exact) mass is 282 g/mol. The fourth-order valence-electron chi connectivity index (χ4n) is 0.713. The van der Waals surface area contributed by atoms with Crippen LogP contribution in [0.3, 0.4) is 0 Å². The first-order valence-corrected chi connectivity index (χ1v) is 5.48. The van der Waals surface area contributed by atoms with E-state index in [1.807, 2.05) is 18.2 Å². The number of para-hydroxylation sites is 1. The summed E-state index contributed by atoms with van der Waals surface area (Å²) in [4.78, 5) is 7.53. The highest BCUT2D eigenvalue weighted by atomic mass is 35.6. The van der Waals surface area contributed by atoms with Crippen molar-refractivity contribution in [3.8, 4) is 0 Å². The van der Waals surface area contributed by atoms with E-state index in [1.165, 1.54) is 0 Å². The fraction of sp³-hybridized carbons (Fsp3) is 0.222. The molecule has 0 heterocycles. The maximum Gasteiger partial charge on any atom is 0.227 e. The van der Waals surface area contributed by atoms with Gasteiger partial charge in [0.05, 0.1) is 11.7 Å². The number of alkyl halides is 4. The number of benzene rings is 1. The molecule has 1 atom stereocenters. The normalized spacial score (nSPS) is 12.8. The minimum Gasteiger partial charge on any atom is -0.201 e. The van der Waals surface area contributed by atoms with Crippen LogP contribution >= 0.6 is 46.4 Å². The quantitative estimate of drug-likeness (QED) is 0.436. The molecule has 0 radical (unpaired) electrons. The second-order valence-corrected chi connectivity index (χ2v) is 5.34. The summed E-state index contributed by atoms with van der Waals surface area (Å²) in [6.07, 6.45) is 0. The van der Waals surface area contributed by atoms with Gasteiger partial charge in [0.15, 0.2) is 5.50 Å². The summed E-state index contributed by atoms with van der Waals surface area (Å²) in [7, 11) is 0. The molecular weight excluding hydrogens is 278 g/mol. The van der Waals surface area contributed by atoms with Crippen LogP contribution in [-0.2, 0) is 0 Å². The summed E-state index contributed by atoms with van der Waals surface area (Å²) >= 11 is 22.1. The topological polar surface area (TPSA) is 24.7 Å². The summed E-state index contributed by atoms with van der Waals surface area (Å²) in [5, 5.41) is 0. The van der Waals surface area contributed by atoms with Crippen LogP contribution in [0.1, 0.15) is 0 Å². The molecule has 0 bridgehead atoms. The summed E-state index contributed by atoms with van der Waals surface area (Å²) in [6, 6.07) is 11.5. The molecule has 0 amide bonds. The van der Waals surface area contributed by atoms with E-state index in [-0.39, 0.29) is 0 Å². The second kappa shape index (κ2) is 5.74. The lowest BCUT2D eigenvalue weighted by Gasteiger charge is -2.10. The highest BCUT2D eigenvalue weighted by Gasteiger charge is 2.30. The SMILES string of the molecule is ClC(N=C=Nc1ccccc1)C(Cl)(Cl)Cl. The average molecular weight is 284 g/mol. The van der Waals surface area contributed by atoms with Crippen LogP contribution in [0.4, 0.5) is 5.69 Å². The van der Waals surface area contributed by atoms with Crippen molar-refractivity contribution in [1.29, 1.82) is 0 Å². The van der Waals surface area contributed by atoms with Crippen molar-refractivity contribution in [3.63, 3.8) is 0 Å². The number of rotatable bonds is 2. The first-order chi connectivity index (χ1) is 7.00. The van der Waals surface area contributed by atoms with Crippen molar-refractivity contribution >= 4 is 58.1 Å². The molecule has 0 aliphatic carbocycles. The third kappa shape index (κ3) is 4.87. The van der Waals surface area contributed by atoms with E-state index in [2.05, 4.69) is 16.0 Å². The standard InChI is InChI=1S/C9H6Cl4N2/c10-8(9(11,12)13)15-6-14-7-4-2-1-3-5-7/h1-5,8H. The predicted octanol–water partition coefficient (Wildman–Crippen LogP) is 4.43. The van der Waals surface area contributed by atoms with E-state index in [9.17, 15) is 0 Å². The molecule has 1 aromatic rings. The number of halogens is 4. The zero-order valence-electron chi connectivity index (χ0n) is 7.37. The lowest BCUT2D eigenvalue weighted by molar-refractivity contribution is 0.941. The van der Waals surface area contributed by atoms with E-state index in [0.29, 0.717) is 5.69 Å². The van der Waals surface area contributed by atoms with Crippen LogP contribution in [0, 0.1) is 0 Å². The lowest BCUT2D eigenvalue weighted by Crippen LogP contribution is -2.16. The van der Waals surface area contributed by atoms with Gasteiger partial charge in [-0.25, -0.2) is 4.99 Å². The van der Waals surface area contributed by atoms with Crippen LogP contribution in [0.5, 0.6) is 0 Å². The van der Waals surface area contributed by atoms with Gasteiger partial charge in [0.2, 0.25) is 3.79 Å². The lowest BCUT2D eigenvalue weighted by atomic mass is 10.3. The van der Waals surface area contributed by atoms with E-state index in [1.54, 1.807) is 12.1 Å². The van der Waals surface area contributed by atoms with Gasteiger partial charge < -0.3 is 0 Å². The zero-order chi connectivity index (χ0) is 11.3. The van der Waals surface area contributed by atoms with Crippen molar-refractivity contribution < 1.29 is 0 Å². The van der Waals surface area contributed by atoms with Gasteiger partial charge in [-0.05, 0) is 12.1 Å². The molecule has 0 aromatic heterocycles. The molecule has 0 saturated heterocycles. The molecule has 80 valence electrons. The maximum atomic E-state index is 5.64.